The number of likely N-dealkylation sites (tertiary alicyclic amines) is 1. The van der Waals surface area contributed by atoms with E-state index in [1.165, 1.54) is 32.9 Å². The Morgan fingerprint density at radius 2 is 1.67 bits per heavy atom. The highest BCUT2D eigenvalue weighted by atomic mass is 33.1. The summed E-state index contributed by atoms with van der Waals surface area (Å²) in [6.45, 7) is 9.94. The summed E-state index contributed by atoms with van der Waals surface area (Å²) in [5.74, 6) is -2.80. The Balaban J connectivity index is 1.81. The SMILES string of the molecule is C=C(C)C(C(=O)O)N1C(=O)C(N2C(=O)C(c3ccccc3)N(N=O)C2(C)C)C1SS(=O)(=O)c1ccc(C)cc1. The zero-order valence-electron chi connectivity index (χ0n) is 21.7. The van der Waals surface area contributed by atoms with Gasteiger partial charge in [-0.1, -0.05) is 54.6 Å². The number of amides is 2. The summed E-state index contributed by atoms with van der Waals surface area (Å²) in [5.41, 5.74) is -0.0374. The lowest BCUT2D eigenvalue weighted by Crippen LogP contribution is -2.75. The molecule has 11 nitrogen and oxygen atoms in total. The van der Waals surface area contributed by atoms with Crippen LogP contribution in [0.1, 0.15) is 37.9 Å². The van der Waals surface area contributed by atoms with E-state index in [9.17, 15) is 32.8 Å². The number of nitroso groups, excluding NO2 is 1. The molecule has 2 aromatic rings. The van der Waals surface area contributed by atoms with Gasteiger partial charge in [0.15, 0.2) is 12.1 Å². The van der Waals surface area contributed by atoms with Crippen molar-refractivity contribution < 1.29 is 27.9 Å². The van der Waals surface area contributed by atoms with Crippen molar-refractivity contribution >= 4 is 37.4 Å². The molecule has 13 heteroatoms. The molecule has 2 fully saturated rings. The highest BCUT2D eigenvalue weighted by molar-refractivity contribution is 8.72. The summed E-state index contributed by atoms with van der Waals surface area (Å²) in [4.78, 5) is 53.7. The predicted octanol–water partition coefficient (Wildman–Crippen LogP) is 3.29. The quantitative estimate of drug-likeness (QED) is 0.207. The molecular formula is C26H28N4O7S2. The Morgan fingerprint density at radius 1 is 1.08 bits per heavy atom. The van der Waals surface area contributed by atoms with E-state index >= 15 is 0 Å². The van der Waals surface area contributed by atoms with Gasteiger partial charge >= 0.3 is 5.97 Å². The highest BCUT2D eigenvalue weighted by Crippen LogP contribution is 2.49. The van der Waals surface area contributed by atoms with Crippen molar-refractivity contribution in [2.24, 2.45) is 5.29 Å². The first kappa shape index (κ1) is 28.3. The van der Waals surface area contributed by atoms with Crippen molar-refractivity contribution in [3.8, 4) is 0 Å². The van der Waals surface area contributed by atoms with E-state index in [2.05, 4.69) is 11.9 Å². The lowest BCUT2D eigenvalue weighted by molar-refractivity contribution is -0.171. The second-order valence-electron chi connectivity index (χ2n) is 9.97. The Kier molecular flexibility index (Phi) is 7.34. The molecule has 2 amide bonds. The van der Waals surface area contributed by atoms with Crippen LogP contribution in [-0.4, -0.2) is 69.2 Å². The van der Waals surface area contributed by atoms with Crippen LogP contribution >= 0.6 is 10.8 Å². The van der Waals surface area contributed by atoms with Crippen LogP contribution in [0.3, 0.4) is 0 Å². The number of aryl methyl sites for hydroxylation is 1. The first-order valence-corrected chi connectivity index (χ1v) is 14.8. The summed E-state index contributed by atoms with van der Waals surface area (Å²) in [7, 11) is -3.74. The van der Waals surface area contributed by atoms with Crippen molar-refractivity contribution in [3.63, 3.8) is 0 Å². The molecule has 0 spiro atoms. The number of carboxylic acids is 1. The van der Waals surface area contributed by atoms with Gasteiger partial charge < -0.3 is 14.9 Å². The van der Waals surface area contributed by atoms with Crippen LogP contribution in [0, 0.1) is 11.8 Å². The number of rotatable bonds is 9. The van der Waals surface area contributed by atoms with Gasteiger partial charge in [0.2, 0.25) is 8.87 Å². The van der Waals surface area contributed by atoms with Gasteiger partial charge in [0.1, 0.15) is 17.1 Å². The van der Waals surface area contributed by atoms with Crippen LogP contribution < -0.4 is 0 Å². The average molecular weight is 573 g/mol. The molecule has 4 unspecified atom stereocenters. The number of benzene rings is 2. The van der Waals surface area contributed by atoms with Crippen molar-refractivity contribution in [1.82, 2.24) is 14.8 Å². The van der Waals surface area contributed by atoms with Crippen molar-refractivity contribution in [3.05, 3.63) is 82.8 Å². The number of hydrogen-bond donors (Lipinski definition) is 1. The topological polar surface area (TPSA) is 145 Å². The second kappa shape index (κ2) is 10.1. The molecule has 0 bridgehead atoms. The molecule has 2 aliphatic rings. The molecule has 2 heterocycles. The largest absolute Gasteiger partial charge is 0.479 e. The zero-order valence-corrected chi connectivity index (χ0v) is 23.3. The number of carbonyl (C=O) groups excluding carboxylic acids is 2. The minimum Gasteiger partial charge on any atom is -0.479 e. The van der Waals surface area contributed by atoms with Gasteiger partial charge in [-0.15, -0.1) is 4.91 Å². The van der Waals surface area contributed by atoms with Crippen LogP contribution in [0.2, 0.25) is 0 Å². The van der Waals surface area contributed by atoms with Gasteiger partial charge in [-0.05, 0) is 51.0 Å². The Bertz CT molecular complexity index is 1430. The van der Waals surface area contributed by atoms with Crippen LogP contribution in [0.4, 0.5) is 0 Å². The van der Waals surface area contributed by atoms with Gasteiger partial charge in [-0.25, -0.2) is 18.2 Å². The lowest BCUT2D eigenvalue weighted by atomic mass is 9.96. The molecule has 2 aromatic carbocycles. The Hall–Kier alpha value is -3.71. The summed E-state index contributed by atoms with van der Waals surface area (Å²) >= 11 is 0. The van der Waals surface area contributed by atoms with Gasteiger partial charge in [0.25, 0.3) is 11.8 Å². The first-order valence-electron chi connectivity index (χ1n) is 11.9. The highest BCUT2D eigenvalue weighted by Gasteiger charge is 2.65. The van der Waals surface area contributed by atoms with E-state index in [1.807, 2.05) is 0 Å². The average Bonchev–Trinajstić information content (AvgIpc) is 3.06. The summed E-state index contributed by atoms with van der Waals surface area (Å²) in [5, 5.41) is 12.7. The number of β-lactam (4-membered cyclic amide) rings is 1. The van der Waals surface area contributed by atoms with Crippen molar-refractivity contribution in [2.75, 3.05) is 0 Å². The number of hydrogen-bond acceptors (Lipinski definition) is 8. The first-order chi connectivity index (χ1) is 18.2. The summed E-state index contributed by atoms with van der Waals surface area (Å²) in [6.07, 6.45) is 0. The van der Waals surface area contributed by atoms with Crippen LogP contribution in [-0.2, 0) is 23.3 Å². The van der Waals surface area contributed by atoms with E-state index in [0.717, 1.165) is 20.4 Å². The standard InChI is InChI=1S/C26H28N4O7S2/c1-15(2)19(25(33)34)28-22(31)21(24(28)38-39(36,37)18-13-11-16(3)12-14-18)29-23(32)20(17-9-7-6-8-10-17)30(27-35)26(29,4)5/h6-14,19-21,24H,1H2,2-5H3,(H,33,34). The van der Waals surface area contributed by atoms with Crippen molar-refractivity contribution in [2.45, 2.75) is 61.8 Å². The maximum absolute atomic E-state index is 13.9. The Morgan fingerprint density at radius 3 is 2.18 bits per heavy atom. The fraction of sp³-hybridized carbons (Fsp3) is 0.346. The molecule has 0 aliphatic carbocycles. The predicted molar refractivity (Wildman–Crippen MR) is 144 cm³/mol. The molecule has 4 atom stereocenters. The summed E-state index contributed by atoms with van der Waals surface area (Å²) < 4.78 is 26.9. The van der Waals surface area contributed by atoms with Crippen molar-refractivity contribution in [1.29, 1.82) is 0 Å². The van der Waals surface area contributed by atoms with Gasteiger partial charge in [0.05, 0.1) is 10.2 Å². The van der Waals surface area contributed by atoms with E-state index < -0.39 is 55.8 Å². The van der Waals surface area contributed by atoms with Crippen LogP contribution in [0.25, 0.3) is 0 Å². The van der Waals surface area contributed by atoms with Gasteiger partial charge in [0, 0.05) is 10.8 Å². The maximum atomic E-state index is 13.9. The third kappa shape index (κ3) is 4.69. The minimum atomic E-state index is -4.12. The number of aliphatic carboxylic acids is 1. The van der Waals surface area contributed by atoms with Crippen LogP contribution in [0.15, 0.2) is 76.9 Å². The monoisotopic (exact) mass is 572 g/mol. The zero-order chi connectivity index (χ0) is 28.9. The molecule has 0 saturated carbocycles. The molecule has 0 aromatic heterocycles. The molecule has 1 N–H and O–H groups in total. The van der Waals surface area contributed by atoms with E-state index in [-0.39, 0.29) is 10.5 Å². The lowest BCUT2D eigenvalue weighted by Gasteiger charge is -2.54. The van der Waals surface area contributed by atoms with Gasteiger partial charge in [-0.2, -0.15) is 0 Å². The third-order valence-corrected chi connectivity index (χ3v) is 10.6. The third-order valence-electron chi connectivity index (χ3n) is 6.91. The van der Waals surface area contributed by atoms with E-state index in [0.29, 0.717) is 16.4 Å². The van der Waals surface area contributed by atoms with Gasteiger partial charge in [-0.3, -0.25) is 9.59 Å². The smallest absolute Gasteiger partial charge is 0.330 e. The van der Waals surface area contributed by atoms with E-state index in [4.69, 9.17) is 0 Å². The number of carbonyl (C=O) groups is 3. The fourth-order valence-corrected chi connectivity index (χ4v) is 8.56. The molecule has 4 rings (SSSR count). The second-order valence-corrected chi connectivity index (χ2v) is 13.9. The molecule has 2 saturated heterocycles. The molecule has 206 valence electrons. The fourth-order valence-electron chi connectivity index (χ4n) is 5.01. The summed E-state index contributed by atoms with van der Waals surface area (Å²) in [6, 6.07) is 10.4. The minimum absolute atomic E-state index is 0.0382. The molecule has 2 aliphatic heterocycles. The van der Waals surface area contributed by atoms with E-state index in [1.54, 1.807) is 49.4 Å². The van der Waals surface area contributed by atoms with Crippen LogP contribution in [0.5, 0.6) is 0 Å². The molecular weight excluding hydrogens is 544 g/mol. The maximum Gasteiger partial charge on any atom is 0.330 e. The molecule has 0 radical (unpaired) electrons. The normalized spacial score (nSPS) is 23.4. The number of carboxylic acid groups (broad SMARTS) is 1. The number of nitrogens with zero attached hydrogens (tertiary/aromatic N) is 4. The molecule has 39 heavy (non-hydrogen) atoms. The Labute approximate surface area is 229 Å².